The predicted molar refractivity (Wildman–Crippen MR) is 60.6 cm³/mol. The Kier molecular flexibility index (Phi) is 5.57. The van der Waals surface area contributed by atoms with Gasteiger partial charge < -0.3 is 10.1 Å². The highest BCUT2D eigenvalue weighted by molar-refractivity contribution is 5.87. The molecule has 1 N–H and O–H groups in total. The lowest BCUT2D eigenvalue weighted by molar-refractivity contribution is 0.0594. The van der Waals surface area contributed by atoms with Gasteiger partial charge in [-0.05, 0) is 11.6 Å². The SMILES string of the molecule is COC(=O)c1ccc2c(n1)CNC2.Cl.Cl. The van der Waals surface area contributed by atoms with Crippen molar-refractivity contribution in [3.05, 3.63) is 29.1 Å². The maximum atomic E-state index is 11.1. The molecule has 0 unspecified atom stereocenters. The molecular weight excluding hydrogens is 239 g/mol. The summed E-state index contributed by atoms with van der Waals surface area (Å²) in [4.78, 5) is 15.3. The lowest BCUT2D eigenvalue weighted by Crippen LogP contribution is -2.06. The predicted octanol–water partition coefficient (Wildman–Crippen LogP) is 1.31. The Labute approximate surface area is 100 Å². The molecule has 1 aliphatic heterocycles. The van der Waals surface area contributed by atoms with Crippen LogP contribution in [0, 0.1) is 0 Å². The van der Waals surface area contributed by atoms with Crippen LogP contribution in [0.4, 0.5) is 0 Å². The van der Waals surface area contributed by atoms with E-state index in [0.717, 1.165) is 24.3 Å². The number of carbonyl (C=O) groups is 1. The molecule has 0 amide bonds. The Hall–Kier alpha value is -0.840. The van der Waals surface area contributed by atoms with E-state index in [1.54, 1.807) is 6.07 Å². The number of rotatable bonds is 1. The molecule has 0 bridgehead atoms. The second-order valence-electron chi connectivity index (χ2n) is 2.90. The molecule has 0 fully saturated rings. The standard InChI is InChI=1S/C9H10N2O2.2ClH/c1-13-9(12)7-3-2-6-4-10-5-8(6)11-7;;/h2-3,10H,4-5H2,1H3;2*1H. The van der Waals surface area contributed by atoms with E-state index in [1.165, 1.54) is 7.11 Å². The first-order valence-electron chi connectivity index (χ1n) is 4.09. The average Bonchev–Trinajstić information content (AvgIpc) is 2.63. The number of hydrogen-bond donors (Lipinski definition) is 1. The van der Waals surface area contributed by atoms with Crippen LogP contribution < -0.4 is 5.32 Å². The van der Waals surface area contributed by atoms with Crippen molar-refractivity contribution >= 4 is 30.8 Å². The van der Waals surface area contributed by atoms with Gasteiger partial charge >= 0.3 is 5.97 Å². The topological polar surface area (TPSA) is 51.2 Å². The monoisotopic (exact) mass is 250 g/mol. The minimum absolute atomic E-state index is 0. The first-order valence-corrected chi connectivity index (χ1v) is 4.09. The number of pyridine rings is 1. The van der Waals surface area contributed by atoms with Crippen molar-refractivity contribution in [2.24, 2.45) is 0 Å². The molecule has 0 aliphatic carbocycles. The van der Waals surface area contributed by atoms with Crippen molar-refractivity contribution < 1.29 is 9.53 Å². The summed E-state index contributed by atoms with van der Waals surface area (Å²) in [6, 6.07) is 3.60. The molecule has 0 atom stereocenters. The zero-order valence-corrected chi connectivity index (χ0v) is 9.78. The lowest BCUT2D eigenvalue weighted by atomic mass is 10.2. The number of nitrogens with one attached hydrogen (secondary N) is 1. The molecule has 84 valence electrons. The van der Waals surface area contributed by atoms with E-state index in [9.17, 15) is 4.79 Å². The van der Waals surface area contributed by atoms with E-state index in [4.69, 9.17) is 0 Å². The summed E-state index contributed by atoms with van der Waals surface area (Å²) in [7, 11) is 1.36. The van der Waals surface area contributed by atoms with Crippen LogP contribution in [-0.4, -0.2) is 18.1 Å². The molecule has 4 nitrogen and oxygen atoms in total. The van der Waals surface area contributed by atoms with Gasteiger partial charge in [0.15, 0.2) is 0 Å². The van der Waals surface area contributed by atoms with Crippen LogP contribution >= 0.6 is 24.8 Å². The highest BCUT2D eigenvalue weighted by Crippen LogP contribution is 2.13. The van der Waals surface area contributed by atoms with Gasteiger partial charge in [0.25, 0.3) is 0 Å². The van der Waals surface area contributed by atoms with Gasteiger partial charge in [-0.3, -0.25) is 0 Å². The van der Waals surface area contributed by atoms with Gasteiger partial charge in [0.2, 0.25) is 0 Å². The number of ether oxygens (including phenoxy) is 1. The maximum Gasteiger partial charge on any atom is 0.356 e. The number of methoxy groups -OCH3 is 1. The molecule has 1 aliphatic rings. The molecule has 0 radical (unpaired) electrons. The van der Waals surface area contributed by atoms with E-state index < -0.39 is 0 Å². The number of fused-ring (bicyclic) bond motifs is 1. The summed E-state index contributed by atoms with van der Waals surface area (Å²) in [6.45, 7) is 1.57. The highest BCUT2D eigenvalue weighted by Gasteiger charge is 2.14. The van der Waals surface area contributed by atoms with Crippen molar-refractivity contribution in [2.75, 3.05) is 7.11 Å². The number of carbonyl (C=O) groups excluding carboxylic acids is 1. The smallest absolute Gasteiger partial charge is 0.356 e. The van der Waals surface area contributed by atoms with Gasteiger partial charge in [-0.1, -0.05) is 6.07 Å². The maximum absolute atomic E-state index is 11.1. The summed E-state index contributed by atoms with van der Waals surface area (Å²) in [5.74, 6) is -0.380. The van der Waals surface area contributed by atoms with Gasteiger partial charge in [0.05, 0.1) is 12.8 Å². The molecule has 0 aromatic carbocycles. The first kappa shape index (κ1) is 14.2. The van der Waals surface area contributed by atoms with Crippen molar-refractivity contribution in [1.82, 2.24) is 10.3 Å². The highest BCUT2D eigenvalue weighted by atomic mass is 35.5. The van der Waals surface area contributed by atoms with Crippen molar-refractivity contribution in [2.45, 2.75) is 13.1 Å². The molecule has 2 rings (SSSR count). The molecule has 2 heterocycles. The van der Waals surface area contributed by atoms with E-state index in [-0.39, 0.29) is 30.8 Å². The minimum atomic E-state index is -0.380. The van der Waals surface area contributed by atoms with Crippen molar-refractivity contribution in [3.8, 4) is 0 Å². The fourth-order valence-electron chi connectivity index (χ4n) is 1.38. The van der Waals surface area contributed by atoms with Gasteiger partial charge in [-0.25, -0.2) is 9.78 Å². The van der Waals surface area contributed by atoms with Crippen LogP contribution in [-0.2, 0) is 17.8 Å². The Morgan fingerprint density at radius 3 is 2.80 bits per heavy atom. The van der Waals surface area contributed by atoms with E-state index in [1.807, 2.05) is 6.07 Å². The van der Waals surface area contributed by atoms with Crippen LogP contribution in [0.2, 0.25) is 0 Å². The minimum Gasteiger partial charge on any atom is -0.464 e. The largest absolute Gasteiger partial charge is 0.464 e. The number of hydrogen-bond acceptors (Lipinski definition) is 4. The fraction of sp³-hybridized carbons (Fsp3) is 0.333. The molecule has 6 heteroatoms. The Balaban J connectivity index is 0.000000980. The first-order chi connectivity index (χ1) is 6.31. The van der Waals surface area contributed by atoms with Crippen LogP contribution in [0.1, 0.15) is 21.7 Å². The zero-order valence-electron chi connectivity index (χ0n) is 8.15. The molecule has 1 aromatic heterocycles. The number of nitrogens with zero attached hydrogens (tertiary/aromatic N) is 1. The molecular formula is C9H12Cl2N2O2. The van der Waals surface area contributed by atoms with E-state index >= 15 is 0 Å². The number of halogens is 2. The van der Waals surface area contributed by atoms with Gasteiger partial charge in [-0.15, -0.1) is 24.8 Å². The summed E-state index contributed by atoms with van der Waals surface area (Å²) < 4.78 is 4.57. The van der Waals surface area contributed by atoms with E-state index in [2.05, 4.69) is 15.0 Å². The average molecular weight is 251 g/mol. The second kappa shape index (κ2) is 5.90. The third-order valence-electron chi connectivity index (χ3n) is 2.07. The van der Waals surface area contributed by atoms with Crippen LogP contribution in [0.3, 0.4) is 0 Å². The molecule has 0 spiro atoms. The Morgan fingerprint density at radius 2 is 2.13 bits per heavy atom. The van der Waals surface area contributed by atoms with Crippen LogP contribution in [0.25, 0.3) is 0 Å². The molecule has 0 saturated heterocycles. The van der Waals surface area contributed by atoms with Crippen molar-refractivity contribution in [1.29, 1.82) is 0 Å². The zero-order chi connectivity index (χ0) is 9.26. The fourth-order valence-corrected chi connectivity index (χ4v) is 1.38. The van der Waals surface area contributed by atoms with Gasteiger partial charge in [0.1, 0.15) is 5.69 Å². The lowest BCUT2D eigenvalue weighted by Gasteiger charge is -2.00. The second-order valence-corrected chi connectivity index (χ2v) is 2.90. The Morgan fingerprint density at radius 1 is 1.40 bits per heavy atom. The number of aromatic nitrogens is 1. The van der Waals surface area contributed by atoms with Gasteiger partial charge in [-0.2, -0.15) is 0 Å². The van der Waals surface area contributed by atoms with E-state index in [0.29, 0.717) is 5.69 Å². The van der Waals surface area contributed by atoms with Crippen LogP contribution in [0.15, 0.2) is 12.1 Å². The summed E-state index contributed by atoms with van der Waals surface area (Å²) in [6.07, 6.45) is 0. The molecule has 15 heavy (non-hydrogen) atoms. The van der Waals surface area contributed by atoms with Gasteiger partial charge in [0, 0.05) is 13.1 Å². The summed E-state index contributed by atoms with van der Waals surface area (Å²) in [5, 5.41) is 3.16. The number of esters is 1. The Bertz CT molecular complexity index is 358. The third-order valence-corrected chi connectivity index (χ3v) is 2.07. The molecule has 0 saturated carbocycles. The summed E-state index contributed by atoms with van der Waals surface area (Å²) in [5.41, 5.74) is 2.49. The quantitative estimate of drug-likeness (QED) is 0.764. The summed E-state index contributed by atoms with van der Waals surface area (Å²) >= 11 is 0. The van der Waals surface area contributed by atoms with Crippen molar-refractivity contribution in [3.63, 3.8) is 0 Å². The molecule has 1 aromatic rings. The van der Waals surface area contributed by atoms with Crippen LogP contribution in [0.5, 0.6) is 0 Å². The third kappa shape index (κ3) is 2.81. The normalized spacial score (nSPS) is 12.1.